The van der Waals surface area contributed by atoms with Crippen LogP contribution in [0.15, 0.2) is 60.7 Å². The van der Waals surface area contributed by atoms with Crippen molar-refractivity contribution in [2.75, 3.05) is 6.54 Å². The van der Waals surface area contributed by atoms with E-state index in [1.54, 1.807) is 38.1 Å². The number of nitrogens with one attached hydrogen (secondary N) is 3. The largest absolute Gasteiger partial charge is 0.480 e. The molecule has 3 atom stereocenters. The summed E-state index contributed by atoms with van der Waals surface area (Å²) in [7, 11) is 0. The number of amides is 3. The van der Waals surface area contributed by atoms with E-state index >= 15 is 0 Å². The number of rotatable bonds is 12. The Morgan fingerprint density at radius 2 is 1.26 bits per heavy atom. The van der Waals surface area contributed by atoms with E-state index in [0.29, 0.717) is 0 Å². The molecule has 182 valence electrons. The molecule has 0 aliphatic carbocycles. The van der Waals surface area contributed by atoms with Gasteiger partial charge in [0.15, 0.2) is 0 Å². The van der Waals surface area contributed by atoms with Crippen LogP contribution in [-0.4, -0.2) is 53.5 Å². The molecule has 0 aliphatic rings. The molecule has 9 heteroatoms. The van der Waals surface area contributed by atoms with Gasteiger partial charge in [0, 0.05) is 12.8 Å². The molecule has 0 fully saturated rings. The number of carboxylic acid groups (broad SMARTS) is 1. The van der Waals surface area contributed by atoms with E-state index in [9.17, 15) is 24.3 Å². The molecule has 3 amide bonds. The fraction of sp³-hybridized carbons (Fsp3) is 0.360. The maximum atomic E-state index is 13.1. The van der Waals surface area contributed by atoms with Crippen LogP contribution in [0.4, 0.5) is 0 Å². The van der Waals surface area contributed by atoms with E-state index in [1.807, 2.05) is 36.4 Å². The van der Waals surface area contributed by atoms with Crippen molar-refractivity contribution in [3.05, 3.63) is 71.8 Å². The van der Waals surface area contributed by atoms with Gasteiger partial charge in [0.25, 0.3) is 0 Å². The molecule has 6 N–H and O–H groups in total. The molecule has 0 aromatic heterocycles. The minimum absolute atomic E-state index is 0.101. The standard InChI is InChI=1S/C25H32N4O5/c1-16(2)22(24(32)28-20(25(33)34)14-18-11-7-4-8-12-18)29-23(31)19(27-21(30)15-26)13-17-9-5-3-6-10-17/h3-12,16,19-20,22H,13-15,26H2,1-2H3,(H,27,30)(H,28,32)(H,29,31)(H,33,34). The van der Waals surface area contributed by atoms with Gasteiger partial charge in [0.1, 0.15) is 18.1 Å². The van der Waals surface area contributed by atoms with E-state index in [1.165, 1.54) is 0 Å². The van der Waals surface area contributed by atoms with E-state index in [4.69, 9.17) is 5.73 Å². The van der Waals surface area contributed by atoms with Crippen molar-refractivity contribution >= 4 is 23.7 Å². The molecule has 2 rings (SSSR count). The zero-order valence-corrected chi connectivity index (χ0v) is 19.4. The number of hydrogen-bond acceptors (Lipinski definition) is 5. The summed E-state index contributed by atoms with van der Waals surface area (Å²) < 4.78 is 0. The molecule has 0 saturated carbocycles. The molecule has 9 nitrogen and oxygen atoms in total. The number of aliphatic carboxylic acids is 1. The molecule has 3 unspecified atom stereocenters. The molecule has 0 saturated heterocycles. The van der Waals surface area contributed by atoms with Crippen LogP contribution in [0.2, 0.25) is 0 Å². The lowest BCUT2D eigenvalue weighted by Gasteiger charge is -2.26. The molecule has 34 heavy (non-hydrogen) atoms. The average Bonchev–Trinajstić information content (AvgIpc) is 2.82. The fourth-order valence-electron chi connectivity index (χ4n) is 3.41. The normalized spacial score (nSPS) is 13.4. The molecule has 2 aromatic rings. The maximum Gasteiger partial charge on any atom is 0.326 e. The first-order valence-electron chi connectivity index (χ1n) is 11.1. The van der Waals surface area contributed by atoms with E-state index in [0.717, 1.165) is 11.1 Å². The third-order valence-electron chi connectivity index (χ3n) is 5.26. The molecule has 0 heterocycles. The highest BCUT2D eigenvalue weighted by Gasteiger charge is 2.31. The molecule has 0 radical (unpaired) electrons. The van der Waals surface area contributed by atoms with Gasteiger partial charge >= 0.3 is 5.97 Å². The highest BCUT2D eigenvalue weighted by atomic mass is 16.4. The van der Waals surface area contributed by atoms with Gasteiger partial charge in [-0.15, -0.1) is 0 Å². The monoisotopic (exact) mass is 468 g/mol. The Balaban J connectivity index is 2.14. The molecule has 2 aromatic carbocycles. The summed E-state index contributed by atoms with van der Waals surface area (Å²) in [6, 6.07) is 14.9. The van der Waals surface area contributed by atoms with Crippen LogP contribution in [0.1, 0.15) is 25.0 Å². The molecule has 0 bridgehead atoms. The summed E-state index contributed by atoms with van der Waals surface area (Å²) in [5.41, 5.74) is 6.97. The van der Waals surface area contributed by atoms with Crippen LogP contribution < -0.4 is 21.7 Å². The average molecular weight is 469 g/mol. The first kappa shape index (κ1) is 26.5. The van der Waals surface area contributed by atoms with Crippen molar-refractivity contribution in [2.45, 2.75) is 44.8 Å². The van der Waals surface area contributed by atoms with Crippen molar-refractivity contribution in [1.29, 1.82) is 0 Å². The number of benzene rings is 2. The second-order valence-electron chi connectivity index (χ2n) is 8.33. The van der Waals surface area contributed by atoms with Crippen molar-refractivity contribution in [3.8, 4) is 0 Å². The lowest BCUT2D eigenvalue weighted by molar-refractivity contribution is -0.142. The van der Waals surface area contributed by atoms with Crippen LogP contribution in [0.5, 0.6) is 0 Å². The Kier molecular flexibility index (Phi) is 10.2. The quantitative estimate of drug-likeness (QED) is 0.308. The van der Waals surface area contributed by atoms with Crippen LogP contribution in [0, 0.1) is 5.92 Å². The summed E-state index contributed by atoms with van der Waals surface area (Å²) in [5, 5.41) is 17.4. The third kappa shape index (κ3) is 8.32. The highest BCUT2D eigenvalue weighted by Crippen LogP contribution is 2.09. The van der Waals surface area contributed by atoms with E-state index < -0.39 is 41.8 Å². The Labute approximate surface area is 199 Å². The first-order valence-corrected chi connectivity index (χ1v) is 11.1. The molecular formula is C25H32N4O5. The molecular weight excluding hydrogens is 436 g/mol. The van der Waals surface area contributed by atoms with Crippen LogP contribution >= 0.6 is 0 Å². The third-order valence-corrected chi connectivity index (χ3v) is 5.26. The van der Waals surface area contributed by atoms with E-state index in [2.05, 4.69) is 16.0 Å². The van der Waals surface area contributed by atoms with Crippen molar-refractivity contribution in [1.82, 2.24) is 16.0 Å². The predicted molar refractivity (Wildman–Crippen MR) is 128 cm³/mol. The Morgan fingerprint density at radius 1 is 0.765 bits per heavy atom. The Bertz CT molecular complexity index is 966. The zero-order valence-electron chi connectivity index (χ0n) is 19.4. The van der Waals surface area contributed by atoms with Gasteiger partial charge in [-0.05, 0) is 17.0 Å². The van der Waals surface area contributed by atoms with Crippen LogP contribution in [-0.2, 0) is 32.0 Å². The number of carbonyl (C=O) groups is 4. The predicted octanol–water partition coefficient (Wildman–Crippen LogP) is 0.626. The van der Waals surface area contributed by atoms with Crippen LogP contribution in [0.25, 0.3) is 0 Å². The highest BCUT2D eigenvalue weighted by molar-refractivity contribution is 5.93. The van der Waals surface area contributed by atoms with Crippen molar-refractivity contribution < 1.29 is 24.3 Å². The van der Waals surface area contributed by atoms with Gasteiger partial charge in [0.2, 0.25) is 17.7 Å². The molecule has 0 spiro atoms. The Morgan fingerprint density at radius 3 is 1.71 bits per heavy atom. The second-order valence-corrected chi connectivity index (χ2v) is 8.33. The summed E-state index contributed by atoms with van der Waals surface area (Å²) >= 11 is 0. The Hall–Kier alpha value is -3.72. The minimum atomic E-state index is -1.18. The number of hydrogen-bond donors (Lipinski definition) is 5. The van der Waals surface area contributed by atoms with Crippen LogP contribution in [0.3, 0.4) is 0 Å². The lowest BCUT2D eigenvalue weighted by Crippen LogP contribution is -2.58. The number of nitrogens with two attached hydrogens (primary N) is 1. The smallest absolute Gasteiger partial charge is 0.326 e. The van der Waals surface area contributed by atoms with E-state index in [-0.39, 0.29) is 25.3 Å². The topological polar surface area (TPSA) is 151 Å². The minimum Gasteiger partial charge on any atom is -0.480 e. The second kappa shape index (κ2) is 13.1. The molecule has 0 aliphatic heterocycles. The summed E-state index contributed by atoms with van der Waals surface area (Å²) in [4.78, 5) is 49.7. The summed E-state index contributed by atoms with van der Waals surface area (Å²) in [6.45, 7) is 3.19. The number of carboxylic acids is 1. The first-order chi connectivity index (χ1) is 16.2. The fourth-order valence-corrected chi connectivity index (χ4v) is 3.41. The summed E-state index contributed by atoms with van der Waals surface area (Å²) in [6.07, 6.45) is 0.306. The van der Waals surface area contributed by atoms with Crippen molar-refractivity contribution in [2.24, 2.45) is 11.7 Å². The lowest BCUT2D eigenvalue weighted by atomic mass is 9.99. The van der Waals surface area contributed by atoms with Crippen molar-refractivity contribution in [3.63, 3.8) is 0 Å². The van der Waals surface area contributed by atoms with Gasteiger partial charge in [-0.25, -0.2) is 4.79 Å². The van der Waals surface area contributed by atoms with Gasteiger partial charge in [0.05, 0.1) is 6.54 Å². The van der Waals surface area contributed by atoms with Gasteiger partial charge in [-0.3, -0.25) is 14.4 Å². The number of carbonyl (C=O) groups excluding carboxylic acids is 3. The van der Waals surface area contributed by atoms with Gasteiger partial charge in [-0.1, -0.05) is 74.5 Å². The summed E-state index contributed by atoms with van der Waals surface area (Å²) in [5.74, 6) is -3.19. The maximum absolute atomic E-state index is 13.1. The van der Waals surface area contributed by atoms with Gasteiger partial charge < -0.3 is 26.8 Å². The van der Waals surface area contributed by atoms with Gasteiger partial charge in [-0.2, -0.15) is 0 Å². The SMILES string of the molecule is CC(C)C(NC(=O)C(Cc1ccccc1)NC(=O)CN)C(=O)NC(Cc1ccccc1)C(=O)O. The zero-order chi connectivity index (χ0) is 25.1.